The zero-order valence-electron chi connectivity index (χ0n) is 10.4. The minimum absolute atomic E-state index is 0.00923. The maximum absolute atomic E-state index is 12.9. The summed E-state index contributed by atoms with van der Waals surface area (Å²) in [5, 5.41) is 18.6. The van der Waals surface area contributed by atoms with Crippen LogP contribution in [-0.4, -0.2) is 16.2 Å². The van der Waals surface area contributed by atoms with E-state index in [1.807, 2.05) is 0 Å². The van der Waals surface area contributed by atoms with Gasteiger partial charge in [0.2, 0.25) is 0 Å². The predicted molar refractivity (Wildman–Crippen MR) is 75.8 cm³/mol. The molecule has 0 amide bonds. The lowest BCUT2D eigenvalue weighted by molar-refractivity contribution is 0.0693. The topological polar surface area (TPSA) is 66.8 Å². The third-order valence-corrected chi connectivity index (χ3v) is 3.33. The van der Waals surface area contributed by atoms with Gasteiger partial charge in [-0.1, -0.05) is 29.3 Å². The van der Waals surface area contributed by atoms with Crippen molar-refractivity contribution in [3.8, 4) is 11.5 Å². The second kappa shape index (κ2) is 6.20. The third kappa shape index (κ3) is 3.56. The summed E-state index contributed by atoms with van der Waals surface area (Å²) in [4.78, 5) is 10.8. The van der Waals surface area contributed by atoms with E-state index in [0.29, 0.717) is 5.56 Å². The number of hydrogen-bond acceptors (Lipinski definition) is 3. The Morgan fingerprint density at radius 3 is 2.52 bits per heavy atom. The van der Waals surface area contributed by atoms with Gasteiger partial charge in [0.05, 0.1) is 10.0 Å². The normalized spacial score (nSPS) is 10.4. The number of carboxylic acid groups (broad SMARTS) is 1. The lowest BCUT2D eigenvalue weighted by atomic mass is 10.2. The van der Waals surface area contributed by atoms with Crippen molar-refractivity contribution >= 4 is 29.2 Å². The Morgan fingerprint density at radius 2 is 1.90 bits per heavy atom. The van der Waals surface area contributed by atoms with Gasteiger partial charge >= 0.3 is 5.97 Å². The zero-order chi connectivity index (χ0) is 15.6. The maximum Gasteiger partial charge on any atom is 0.339 e. The third-order valence-electron chi connectivity index (χ3n) is 2.68. The number of aromatic hydroxyl groups is 1. The number of aromatic carboxylic acids is 1. The summed E-state index contributed by atoms with van der Waals surface area (Å²) >= 11 is 11.7. The van der Waals surface area contributed by atoms with Gasteiger partial charge in [0, 0.05) is 11.6 Å². The van der Waals surface area contributed by atoms with E-state index in [4.69, 9.17) is 33.0 Å². The highest BCUT2D eigenvalue weighted by molar-refractivity contribution is 6.32. The SMILES string of the molecule is O=C(O)c1cc(Cl)c(OCc2ccc(F)cc2Cl)cc1O. The quantitative estimate of drug-likeness (QED) is 0.885. The van der Waals surface area contributed by atoms with Gasteiger partial charge in [-0.3, -0.25) is 0 Å². The molecule has 2 rings (SSSR count). The van der Waals surface area contributed by atoms with E-state index < -0.39 is 17.5 Å². The van der Waals surface area contributed by atoms with Gasteiger partial charge in [0.1, 0.15) is 29.5 Å². The molecule has 0 bridgehead atoms. The van der Waals surface area contributed by atoms with Gasteiger partial charge in [-0.15, -0.1) is 0 Å². The lowest BCUT2D eigenvalue weighted by Crippen LogP contribution is -2.00. The first kappa shape index (κ1) is 15.4. The van der Waals surface area contributed by atoms with E-state index in [0.717, 1.165) is 18.2 Å². The van der Waals surface area contributed by atoms with Crippen LogP contribution in [0.3, 0.4) is 0 Å². The Kier molecular flexibility index (Phi) is 4.55. The van der Waals surface area contributed by atoms with Crippen molar-refractivity contribution in [2.45, 2.75) is 6.61 Å². The smallest absolute Gasteiger partial charge is 0.339 e. The number of benzene rings is 2. The predicted octanol–water partition coefficient (Wildman–Crippen LogP) is 4.12. The van der Waals surface area contributed by atoms with Crippen molar-refractivity contribution in [2.24, 2.45) is 0 Å². The van der Waals surface area contributed by atoms with Crippen LogP contribution in [0.25, 0.3) is 0 Å². The Labute approximate surface area is 129 Å². The summed E-state index contributed by atoms with van der Waals surface area (Å²) in [6.45, 7) is -0.00923. The molecule has 0 spiro atoms. The second-order valence-electron chi connectivity index (χ2n) is 4.13. The van der Waals surface area contributed by atoms with E-state index in [2.05, 4.69) is 0 Å². The summed E-state index contributed by atoms with van der Waals surface area (Å²) in [7, 11) is 0. The van der Waals surface area contributed by atoms with Crippen LogP contribution < -0.4 is 4.74 Å². The van der Waals surface area contributed by atoms with Gasteiger partial charge in [0.25, 0.3) is 0 Å². The Bertz CT molecular complexity index is 704. The first-order valence-electron chi connectivity index (χ1n) is 5.71. The molecule has 110 valence electrons. The van der Waals surface area contributed by atoms with Gasteiger partial charge in [-0.25, -0.2) is 9.18 Å². The van der Waals surface area contributed by atoms with Crippen molar-refractivity contribution in [1.82, 2.24) is 0 Å². The highest BCUT2D eigenvalue weighted by Gasteiger charge is 2.15. The van der Waals surface area contributed by atoms with Gasteiger partial charge in [-0.2, -0.15) is 0 Å². The van der Waals surface area contributed by atoms with E-state index in [1.165, 1.54) is 12.1 Å². The fourth-order valence-electron chi connectivity index (χ4n) is 1.62. The van der Waals surface area contributed by atoms with E-state index in [1.54, 1.807) is 0 Å². The Balaban J connectivity index is 2.20. The van der Waals surface area contributed by atoms with Crippen LogP contribution in [0.15, 0.2) is 30.3 Å². The molecule has 2 aromatic carbocycles. The lowest BCUT2D eigenvalue weighted by Gasteiger charge is -2.11. The molecule has 0 radical (unpaired) electrons. The fourth-order valence-corrected chi connectivity index (χ4v) is 2.06. The molecule has 0 aromatic heterocycles. The maximum atomic E-state index is 12.9. The van der Waals surface area contributed by atoms with Crippen LogP contribution >= 0.6 is 23.2 Å². The largest absolute Gasteiger partial charge is 0.507 e. The average molecular weight is 331 g/mol. The number of ether oxygens (including phenoxy) is 1. The highest BCUT2D eigenvalue weighted by Crippen LogP contribution is 2.33. The molecular formula is C14H9Cl2FO4. The van der Waals surface area contributed by atoms with Crippen LogP contribution in [0.5, 0.6) is 11.5 Å². The number of carboxylic acids is 1. The van der Waals surface area contributed by atoms with Gasteiger partial charge in [0.15, 0.2) is 0 Å². The number of halogens is 3. The summed E-state index contributed by atoms with van der Waals surface area (Å²) < 4.78 is 18.3. The van der Waals surface area contributed by atoms with Crippen molar-refractivity contribution in [2.75, 3.05) is 0 Å². The molecule has 0 aliphatic heterocycles. The summed E-state index contributed by atoms with van der Waals surface area (Å²) in [6, 6.07) is 6.02. The van der Waals surface area contributed by atoms with Crippen LogP contribution in [0.4, 0.5) is 4.39 Å². The zero-order valence-corrected chi connectivity index (χ0v) is 12.0. The number of rotatable bonds is 4. The van der Waals surface area contributed by atoms with E-state index in [-0.39, 0.29) is 28.0 Å². The first-order chi connectivity index (χ1) is 9.88. The molecular weight excluding hydrogens is 322 g/mol. The molecule has 0 heterocycles. The average Bonchev–Trinajstić information content (AvgIpc) is 2.40. The summed E-state index contributed by atoms with van der Waals surface area (Å²) in [6.07, 6.45) is 0. The molecule has 0 fully saturated rings. The minimum atomic E-state index is -1.30. The summed E-state index contributed by atoms with van der Waals surface area (Å²) in [5.41, 5.74) is 0.197. The second-order valence-corrected chi connectivity index (χ2v) is 4.94. The molecule has 7 heteroatoms. The van der Waals surface area contributed by atoms with Crippen LogP contribution in [0, 0.1) is 5.82 Å². The van der Waals surface area contributed by atoms with Gasteiger partial charge < -0.3 is 14.9 Å². The standard InChI is InChI=1S/C14H9Cl2FO4/c15-10-3-8(17)2-1-7(10)6-21-13-5-12(18)9(14(19)20)4-11(13)16/h1-5,18H,6H2,(H,19,20). The Morgan fingerprint density at radius 1 is 1.19 bits per heavy atom. The van der Waals surface area contributed by atoms with Gasteiger partial charge in [-0.05, 0) is 18.2 Å². The number of carbonyl (C=O) groups is 1. The molecule has 0 aliphatic rings. The molecule has 2 aromatic rings. The molecule has 2 N–H and O–H groups in total. The van der Waals surface area contributed by atoms with Crippen molar-refractivity contribution in [3.05, 3.63) is 57.3 Å². The van der Waals surface area contributed by atoms with Crippen molar-refractivity contribution in [1.29, 1.82) is 0 Å². The number of hydrogen-bond donors (Lipinski definition) is 2. The fraction of sp³-hybridized carbons (Fsp3) is 0.0714. The molecule has 0 saturated carbocycles. The van der Waals surface area contributed by atoms with Crippen molar-refractivity contribution in [3.63, 3.8) is 0 Å². The van der Waals surface area contributed by atoms with E-state index >= 15 is 0 Å². The molecule has 0 atom stereocenters. The molecule has 21 heavy (non-hydrogen) atoms. The highest BCUT2D eigenvalue weighted by atomic mass is 35.5. The minimum Gasteiger partial charge on any atom is -0.507 e. The molecule has 0 saturated heterocycles. The molecule has 0 aliphatic carbocycles. The monoisotopic (exact) mass is 330 g/mol. The molecule has 4 nitrogen and oxygen atoms in total. The van der Waals surface area contributed by atoms with Crippen LogP contribution in [0.1, 0.15) is 15.9 Å². The first-order valence-corrected chi connectivity index (χ1v) is 6.46. The summed E-state index contributed by atoms with van der Waals surface area (Å²) in [5.74, 6) is -2.14. The van der Waals surface area contributed by atoms with Crippen LogP contribution in [-0.2, 0) is 6.61 Å². The number of phenols is 1. The molecule has 0 unspecified atom stereocenters. The van der Waals surface area contributed by atoms with Crippen LogP contribution in [0.2, 0.25) is 10.0 Å². The van der Waals surface area contributed by atoms with Crippen molar-refractivity contribution < 1.29 is 24.1 Å². The Hall–Kier alpha value is -1.98. The van der Waals surface area contributed by atoms with E-state index in [9.17, 15) is 14.3 Å².